The number of nitrogens with one attached hydrogen (secondary N) is 1. The van der Waals surface area contributed by atoms with Crippen LogP contribution in [0.3, 0.4) is 0 Å². The zero-order chi connectivity index (χ0) is 39.8. The number of aromatic nitrogens is 1. The molecule has 3 fully saturated rings. The van der Waals surface area contributed by atoms with E-state index in [1.807, 2.05) is 6.08 Å². The van der Waals surface area contributed by atoms with Gasteiger partial charge in [0.05, 0.1) is 39.4 Å². The van der Waals surface area contributed by atoms with Crippen LogP contribution in [0.4, 0.5) is 24.7 Å². The number of alkyl halides is 3. The number of anilines is 2. The molecule has 2 aliphatic carbocycles. The maximum atomic E-state index is 15.4. The fraction of sp³-hybridized carbons (Fsp3) is 0.244. The number of carbonyl (C=O) groups is 4. The number of fused-ring (bicyclic) bond motifs is 4. The Morgan fingerprint density at radius 2 is 1.70 bits per heavy atom. The van der Waals surface area contributed by atoms with E-state index in [0.717, 1.165) is 4.47 Å². The first-order valence-corrected chi connectivity index (χ1v) is 19.1. The van der Waals surface area contributed by atoms with Crippen LogP contribution in [0.25, 0.3) is 0 Å². The van der Waals surface area contributed by atoms with E-state index in [2.05, 4.69) is 32.9 Å². The number of aromatic hydroxyl groups is 1. The monoisotopic (exact) mass is 864 g/mol. The van der Waals surface area contributed by atoms with Gasteiger partial charge in [0, 0.05) is 27.2 Å². The van der Waals surface area contributed by atoms with Crippen molar-refractivity contribution < 1.29 is 37.5 Å². The van der Waals surface area contributed by atoms with Gasteiger partial charge in [-0.25, -0.2) is 4.98 Å². The third-order valence-electron chi connectivity index (χ3n) is 11.5. The van der Waals surface area contributed by atoms with Crippen molar-refractivity contribution in [3.63, 3.8) is 0 Å². The molecule has 6 atom stereocenters. The maximum Gasteiger partial charge on any atom is 0.417 e. The van der Waals surface area contributed by atoms with Gasteiger partial charge in [0.1, 0.15) is 5.75 Å². The highest BCUT2D eigenvalue weighted by Crippen LogP contribution is 2.65. The normalized spacial score (nSPS) is 25.8. The molecule has 0 spiro atoms. The van der Waals surface area contributed by atoms with Gasteiger partial charge in [0.2, 0.25) is 11.8 Å². The molecule has 8 rings (SSSR count). The molecule has 3 heterocycles. The molecule has 1 saturated carbocycles. The molecule has 4 aromatic rings. The second kappa shape index (κ2) is 13.9. The van der Waals surface area contributed by atoms with Crippen molar-refractivity contribution in [1.29, 1.82) is 0 Å². The summed E-state index contributed by atoms with van der Waals surface area (Å²) in [7, 11) is 0. The largest absolute Gasteiger partial charge is 0.507 e. The molecule has 0 bridgehead atoms. The number of carbonyl (C=O) groups excluding carboxylic acids is 4. The molecular weight excluding hydrogens is 836 g/mol. The van der Waals surface area contributed by atoms with E-state index in [-0.39, 0.29) is 36.7 Å². The minimum atomic E-state index is -4.76. The van der Waals surface area contributed by atoms with E-state index in [9.17, 15) is 32.7 Å². The van der Waals surface area contributed by atoms with Crippen LogP contribution in [0.1, 0.15) is 41.0 Å². The Bertz CT molecular complexity index is 2370. The maximum absolute atomic E-state index is 15.4. The molecule has 4 amide bonds. The van der Waals surface area contributed by atoms with E-state index in [1.165, 1.54) is 4.90 Å². The van der Waals surface area contributed by atoms with Crippen LogP contribution in [-0.2, 0) is 37.2 Å². The van der Waals surface area contributed by atoms with Crippen molar-refractivity contribution in [2.75, 3.05) is 10.3 Å². The summed E-state index contributed by atoms with van der Waals surface area (Å²) in [5, 5.41) is 12.6. The van der Waals surface area contributed by atoms with Crippen molar-refractivity contribution in [3.8, 4) is 5.75 Å². The Morgan fingerprint density at radius 3 is 2.36 bits per heavy atom. The van der Waals surface area contributed by atoms with Gasteiger partial charge in [-0.05, 0) is 78.8 Å². The molecule has 0 unspecified atom stereocenters. The number of phenols is 1. The van der Waals surface area contributed by atoms with E-state index >= 15 is 4.79 Å². The van der Waals surface area contributed by atoms with Gasteiger partial charge in [-0.2, -0.15) is 18.2 Å². The molecule has 2 saturated heterocycles. The zero-order valence-electron chi connectivity index (χ0n) is 29.1. The summed E-state index contributed by atoms with van der Waals surface area (Å²) in [6.07, 6.45) is -0.413. The fourth-order valence-electron chi connectivity index (χ4n) is 9.14. The van der Waals surface area contributed by atoms with Crippen LogP contribution in [-0.4, -0.2) is 38.7 Å². The summed E-state index contributed by atoms with van der Waals surface area (Å²) in [5.41, 5.74) is 1.83. The average molecular weight is 867 g/mol. The minimum absolute atomic E-state index is 0.0661. The highest BCUT2D eigenvalue weighted by Gasteiger charge is 2.70. The Kier molecular flexibility index (Phi) is 9.41. The number of hydrogen-bond donors (Lipinski definition) is 2. The lowest BCUT2D eigenvalue weighted by atomic mass is 9.49. The first kappa shape index (κ1) is 37.9. The number of imide groups is 2. The third kappa shape index (κ3) is 5.77. The summed E-state index contributed by atoms with van der Waals surface area (Å²) in [5.74, 6) is -7.64. The smallest absolute Gasteiger partial charge is 0.417 e. The summed E-state index contributed by atoms with van der Waals surface area (Å²) < 4.78 is 41.3. The van der Waals surface area contributed by atoms with Crippen LogP contribution in [0.5, 0.6) is 5.75 Å². The number of hydrazine groups is 1. The number of hydrogen-bond acceptors (Lipinski definition) is 7. The molecule has 4 aliphatic rings. The van der Waals surface area contributed by atoms with Crippen molar-refractivity contribution in [3.05, 3.63) is 140 Å². The standard InChI is InChI=1S/C41H30BrCl2F3N4O5/c1-2-4-20-5-3-6-28(34(20)52)33-26-15-16-27-32(38(55)50(36(27)53)25-13-9-23(42)10-14-25)29(26)18-30-37(54)51(39(56)40(30,33)21-7-11-24(43)12-8-21)49-35-31(44)17-22(19-48-35)41(45,46)47/h2-3,5-15,17,19,27,29-30,32-33,52H,1,4,16,18H2,(H,48,49)/t27-,29+,30-,32-,33+,40+/m0/s1. The summed E-state index contributed by atoms with van der Waals surface area (Å²) >= 11 is 16.0. The summed E-state index contributed by atoms with van der Waals surface area (Å²) in [4.78, 5) is 63.8. The van der Waals surface area contributed by atoms with Crippen molar-refractivity contribution in [2.24, 2.45) is 23.7 Å². The predicted molar refractivity (Wildman–Crippen MR) is 206 cm³/mol. The van der Waals surface area contributed by atoms with Crippen LogP contribution >= 0.6 is 39.1 Å². The predicted octanol–water partition coefficient (Wildman–Crippen LogP) is 8.79. The highest BCUT2D eigenvalue weighted by atomic mass is 79.9. The number of phenolic OH excluding ortho intramolecular Hbond substituents is 1. The number of nitrogens with zero attached hydrogens (tertiary/aromatic N) is 3. The van der Waals surface area contributed by atoms with Crippen LogP contribution in [0, 0.1) is 23.7 Å². The van der Waals surface area contributed by atoms with Crippen molar-refractivity contribution in [2.45, 2.75) is 36.8 Å². The Morgan fingerprint density at radius 1 is 0.982 bits per heavy atom. The Labute approximate surface area is 336 Å². The van der Waals surface area contributed by atoms with Gasteiger partial charge in [-0.1, -0.05) is 87.2 Å². The van der Waals surface area contributed by atoms with Crippen LogP contribution < -0.4 is 10.3 Å². The number of benzene rings is 3. The molecule has 2 aliphatic heterocycles. The summed E-state index contributed by atoms with van der Waals surface area (Å²) in [6.45, 7) is 3.81. The molecule has 2 N–H and O–H groups in total. The lowest BCUT2D eigenvalue weighted by Gasteiger charge is -2.50. The van der Waals surface area contributed by atoms with E-state index < -0.39 is 69.5 Å². The molecule has 286 valence electrons. The molecule has 0 radical (unpaired) electrons. The Balaban J connectivity index is 1.33. The molecular formula is C41H30BrCl2F3N4O5. The lowest BCUT2D eigenvalue weighted by Crippen LogP contribution is -2.53. The number of rotatable bonds is 7. The fourth-order valence-corrected chi connectivity index (χ4v) is 9.74. The van der Waals surface area contributed by atoms with Crippen molar-refractivity contribution >= 4 is 74.3 Å². The SMILES string of the molecule is C=CCc1cccc([C@H]2C3=CC[C@@H]4C(=O)N(c5ccc(Br)cc5)C(=O)[C@@H]4[C@@H]3C[C@H]3C(=O)N(Nc4ncc(C(F)(F)F)cc4Cl)C(=O)[C@@]23c2ccc(Cl)cc2)c1O. The number of amides is 4. The molecule has 15 heteroatoms. The lowest BCUT2D eigenvalue weighted by molar-refractivity contribution is -0.139. The summed E-state index contributed by atoms with van der Waals surface area (Å²) in [6, 6.07) is 18.9. The second-order valence-electron chi connectivity index (χ2n) is 14.3. The highest BCUT2D eigenvalue weighted by molar-refractivity contribution is 9.10. The first-order valence-electron chi connectivity index (χ1n) is 17.6. The van der Waals surface area contributed by atoms with Gasteiger partial charge in [0.15, 0.2) is 5.82 Å². The van der Waals surface area contributed by atoms with E-state index in [0.29, 0.717) is 50.2 Å². The molecule has 3 aromatic carbocycles. The van der Waals surface area contributed by atoms with Gasteiger partial charge >= 0.3 is 6.18 Å². The van der Waals surface area contributed by atoms with E-state index in [1.54, 1.807) is 72.8 Å². The first-order chi connectivity index (χ1) is 26.7. The number of halogens is 6. The van der Waals surface area contributed by atoms with Crippen LogP contribution in [0.15, 0.2) is 108 Å². The van der Waals surface area contributed by atoms with Gasteiger partial charge in [-0.3, -0.25) is 29.5 Å². The molecule has 9 nitrogen and oxygen atoms in total. The Hall–Kier alpha value is -4.98. The van der Waals surface area contributed by atoms with Gasteiger partial charge in [0.25, 0.3) is 11.8 Å². The quantitative estimate of drug-likeness (QED) is 0.141. The third-order valence-corrected chi connectivity index (χ3v) is 12.5. The second-order valence-corrected chi connectivity index (χ2v) is 16.0. The van der Waals surface area contributed by atoms with Crippen LogP contribution in [0.2, 0.25) is 10.0 Å². The zero-order valence-corrected chi connectivity index (χ0v) is 32.2. The van der Waals surface area contributed by atoms with E-state index in [4.69, 9.17) is 23.2 Å². The minimum Gasteiger partial charge on any atom is -0.507 e. The topological polar surface area (TPSA) is 120 Å². The number of pyridine rings is 1. The van der Waals surface area contributed by atoms with Gasteiger partial charge in [-0.15, -0.1) is 6.58 Å². The molecule has 1 aromatic heterocycles. The number of allylic oxidation sites excluding steroid dienone is 3. The van der Waals surface area contributed by atoms with Crippen molar-refractivity contribution in [1.82, 2.24) is 9.99 Å². The average Bonchev–Trinajstić information content (AvgIpc) is 3.54. The number of para-hydroxylation sites is 1. The van der Waals surface area contributed by atoms with Gasteiger partial charge < -0.3 is 5.11 Å². The molecule has 56 heavy (non-hydrogen) atoms.